The van der Waals surface area contributed by atoms with Gasteiger partial charge in [0.2, 0.25) is 0 Å². The van der Waals surface area contributed by atoms with Crippen molar-refractivity contribution in [1.29, 1.82) is 0 Å². The van der Waals surface area contributed by atoms with Crippen molar-refractivity contribution >= 4 is 29.0 Å². The van der Waals surface area contributed by atoms with Gasteiger partial charge in [0.05, 0.1) is 31.3 Å². The lowest BCUT2D eigenvalue weighted by atomic mass is 10.3. The molecule has 120 valence electrons. The number of rotatable bonds is 3. The molecule has 0 saturated carbocycles. The first-order chi connectivity index (χ1) is 11.1. The van der Waals surface area contributed by atoms with Crippen LogP contribution in [0.4, 0.5) is 11.5 Å². The smallest absolute Gasteiger partial charge is 0.274 e. The van der Waals surface area contributed by atoms with E-state index >= 15 is 0 Å². The zero-order valence-electron chi connectivity index (χ0n) is 12.2. The number of benzene rings is 1. The first-order valence-corrected chi connectivity index (χ1v) is 7.46. The van der Waals surface area contributed by atoms with Crippen molar-refractivity contribution in [1.82, 2.24) is 14.9 Å². The minimum atomic E-state index is -0.190. The summed E-state index contributed by atoms with van der Waals surface area (Å²) in [5, 5.41) is 13.2. The Morgan fingerprint density at radius 1 is 1.30 bits per heavy atom. The first kappa shape index (κ1) is 15.5. The number of phenolic OH excluding ortho intramolecular Hbond substituents is 1. The highest BCUT2D eigenvalue weighted by molar-refractivity contribution is 6.30. The minimum Gasteiger partial charge on any atom is -0.506 e. The van der Waals surface area contributed by atoms with Gasteiger partial charge in [-0.1, -0.05) is 11.6 Å². The number of carbonyl (C=O) groups excluding carboxylic acids is 1. The Balaban J connectivity index is 1.78. The number of hydrogen-bond donors (Lipinski definition) is 2. The largest absolute Gasteiger partial charge is 0.506 e. The summed E-state index contributed by atoms with van der Waals surface area (Å²) in [4.78, 5) is 22.4. The van der Waals surface area contributed by atoms with Crippen LogP contribution in [0.25, 0.3) is 0 Å². The Kier molecular flexibility index (Phi) is 4.59. The Morgan fingerprint density at radius 2 is 2.09 bits per heavy atom. The van der Waals surface area contributed by atoms with Crippen LogP contribution in [0, 0.1) is 0 Å². The standard InChI is InChI=1S/C15H15ClN4O3/c16-10-1-2-11(13(21)7-10)18-14-9-17-8-12(19-14)15(22)20-3-5-23-6-4-20/h1-2,7-9,21H,3-6H2,(H,18,19). The Morgan fingerprint density at radius 3 is 2.83 bits per heavy atom. The number of halogens is 1. The summed E-state index contributed by atoms with van der Waals surface area (Å²) in [5.41, 5.74) is 0.671. The van der Waals surface area contributed by atoms with Crippen LogP contribution in [0.2, 0.25) is 5.02 Å². The number of carbonyl (C=O) groups is 1. The van der Waals surface area contributed by atoms with Gasteiger partial charge in [-0.25, -0.2) is 4.98 Å². The lowest BCUT2D eigenvalue weighted by Gasteiger charge is -2.26. The second-order valence-corrected chi connectivity index (χ2v) is 5.42. The van der Waals surface area contributed by atoms with Crippen molar-refractivity contribution in [3.8, 4) is 5.75 Å². The highest BCUT2D eigenvalue weighted by Crippen LogP contribution is 2.28. The molecule has 23 heavy (non-hydrogen) atoms. The molecule has 1 aliphatic rings. The summed E-state index contributed by atoms with van der Waals surface area (Å²) >= 11 is 5.80. The normalized spacial score (nSPS) is 14.6. The second-order valence-electron chi connectivity index (χ2n) is 4.98. The number of aromatic nitrogens is 2. The summed E-state index contributed by atoms with van der Waals surface area (Å²) in [6, 6.07) is 4.68. The molecule has 1 saturated heterocycles. The first-order valence-electron chi connectivity index (χ1n) is 7.08. The van der Waals surface area contributed by atoms with E-state index in [9.17, 15) is 9.90 Å². The van der Waals surface area contributed by atoms with Crippen LogP contribution in [0.5, 0.6) is 5.75 Å². The Labute approximate surface area is 137 Å². The van der Waals surface area contributed by atoms with Crippen LogP contribution < -0.4 is 5.32 Å². The van der Waals surface area contributed by atoms with Gasteiger partial charge in [-0.15, -0.1) is 0 Å². The van der Waals surface area contributed by atoms with Gasteiger partial charge in [0.1, 0.15) is 17.3 Å². The molecule has 0 unspecified atom stereocenters. The van der Waals surface area contributed by atoms with Gasteiger partial charge in [-0.3, -0.25) is 9.78 Å². The molecule has 1 aromatic heterocycles. The number of aromatic hydroxyl groups is 1. The van der Waals surface area contributed by atoms with E-state index in [1.54, 1.807) is 17.0 Å². The van der Waals surface area contributed by atoms with Gasteiger partial charge in [0.15, 0.2) is 0 Å². The minimum absolute atomic E-state index is 0.00999. The summed E-state index contributed by atoms with van der Waals surface area (Å²) in [6.07, 6.45) is 2.90. The molecule has 1 fully saturated rings. The van der Waals surface area contributed by atoms with Crippen molar-refractivity contribution < 1.29 is 14.6 Å². The number of anilines is 2. The average Bonchev–Trinajstić information content (AvgIpc) is 2.58. The number of nitrogens with one attached hydrogen (secondary N) is 1. The third-order valence-corrected chi connectivity index (χ3v) is 3.61. The van der Waals surface area contributed by atoms with E-state index in [2.05, 4.69) is 15.3 Å². The van der Waals surface area contributed by atoms with Gasteiger partial charge in [0.25, 0.3) is 5.91 Å². The molecule has 1 aliphatic heterocycles. The predicted octanol–water partition coefficient (Wildman–Crippen LogP) is 2.05. The maximum atomic E-state index is 12.4. The monoisotopic (exact) mass is 334 g/mol. The zero-order valence-corrected chi connectivity index (χ0v) is 13.0. The van der Waals surface area contributed by atoms with E-state index in [4.69, 9.17) is 16.3 Å². The summed E-state index contributed by atoms with van der Waals surface area (Å²) in [7, 11) is 0. The van der Waals surface area contributed by atoms with E-state index in [-0.39, 0.29) is 17.4 Å². The van der Waals surface area contributed by atoms with Crippen LogP contribution >= 0.6 is 11.6 Å². The highest BCUT2D eigenvalue weighted by Gasteiger charge is 2.20. The third-order valence-electron chi connectivity index (χ3n) is 3.37. The molecule has 0 aliphatic carbocycles. The fourth-order valence-corrected chi connectivity index (χ4v) is 2.37. The Bertz CT molecular complexity index is 720. The number of morpholine rings is 1. The Hall–Kier alpha value is -2.38. The van der Waals surface area contributed by atoms with E-state index in [1.807, 2.05) is 0 Å². The van der Waals surface area contributed by atoms with Gasteiger partial charge < -0.3 is 20.1 Å². The molecule has 1 aromatic carbocycles. The third kappa shape index (κ3) is 3.69. The highest BCUT2D eigenvalue weighted by atomic mass is 35.5. The fourth-order valence-electron chi connectivity index (χ4n) is 2.21. The van der Waals surface area contributed by atoms with Crippen molar-refractivity contribution in [3.63, 3.8) is 0 Å². The lowest BCUT2D eigenvalue weighted by Crippen LogP contribution is -2.41. The number of amides is 1. The predicted molar refractivity (Wildman–Crippen MR) is 85.2 cm³/mol. The van der Waals surface area contributed by atoms with Gasteiger partial charge >= 0.3 is 0 Å². The average molecular weight is 335 g/mol. The molecular formula is C15H15ClN4O3. The molecular weight excluding hydrogens is 320 g/mol. The molecule has 2 aromatic rings. The molecule has 2 heterocycles. The van der Waals surface area contributed by atoms with Crippen LogP contribution in [-0.4, -0.2) is 52.2 Å². The molecule has 2 N–H and O–H groups in total. The van der Waals surface area contributed by atoms with E-state index in [1.165, 1.54) is 18.5 Å². The SMILES string of the molecule is O=C(c1cncc(Nc2ccc(Cl)cc2O)n1)N1CCOCC1. The van der Waals surface area contributed by atoms with Gasteiger partial charge in [-0.05, 0) is 12.1 Å². The van der Waals surface area contributed by atoms with Crippen molar-refractivity contribution in [2.75, 3.05) is 31.6 Å². The number of nitrogens with zero attached hydrogens (tertiary/aromatic N) is 3. The second kappa shape index (κ2) is 6.80. The van der Waals surface area contributed by atoms with Crippen LogP contribution in [0.15, 0.2) is 30.6 Å². The molecule has 8 heteroatoms. The number of ether oxygens (including phenoxy) is 1. The molecule has 1 amide bonds. The zero-order chi connectivity index (χ0) is 16.2. The van der Waals surface area contributed by atoms with E-state index < -0.39 is 0 Å². The van der Waals surface area contributed by atoms with Gasteiger partial charge in [-0.2, -0.15) is 0 Å². The molecule has 0 bridgehead atoms. The van der Waals surface area contributed by atoms with Crippen molar-refractivity contribution in [2.24, 2.45) is 0 Å². The molecule has 3 rings (SSSR count). The number of phenols is 1. The van der Waals surface area contributed by atoms with Crippen molar-refractivity contribution in [3.05, 3.63) is 41.3 Å². The molecule has 0 spiro atoms. The fraction of sp³-hybridized carbons (Fsp3) is 0.267. The van der Waals surface area contributed by atoms with E-state index in [0.29, 0.717) is 42.8 Å². The number of hydrogen-bond acceptors (Lipinski definition) is 6. The quantitative estimate of drug-likeness (QED) is 0.835. The molecule has 0 radical (unpaired) electrons. The summed E-state index contributed by atoms with van der Waals surface area (Å²) in [6.45, 7) is 2.12. The summed E-state index contributed by atoms with van der Waals surface area (Å²) in [5.74, 6) is 0.163. The molecule has 0 atom stereocenters. The maximum Gasteiger partial charge on any atom is 0.274 e. The van der Waals surface area contributed by atoms with Gasteiger partial charge in [0, 0.05) is 24.2 Å². The molecule has 7 nitrogen and oxygen atoms in total. The lowest BCUT2D eigenvalue weighted by molar-refractivity contribution is 0.0299. The van der Waals surface area contributed by atoms with E-state index in [0.717, 1.165) is 0 Å². The topological polar surface area (TPSA) is 87.6 Å². The van der Waals surface area contributed by atoms with Crippen LogP contribution in [-0.2, 0) is 4.74 Å². The maximum absolute atomic E-state index is 12.4. The summed E-state index contributed by atoms with van der Waals surface area (Å²) < 4.78 is 5.23. The van der Waals surface area contributed by atoms with Crippen LogP contribution in [0.3, 0.4) is 0 Å². The van der Waals surface area contributed by atoms with Crippen LogP contribution in [0.1, 0.15) is 10.5 Å². The van der Waals surface area contributed by atoms with Crippen molar-refractivity contribution in [2.45, 2.75) is 0 Å².